The molecule has 34 heavy (non-hydrogen) atoms. The molecule has 2 saturated carbocycles. The minimum atomic E-state index is -4.60. The summed E-state index contributed by atoms with van der Waals surface area (Å²) >= 11 is 0. The van der Waals surface area contributed by atoms with Crippen LogP contribution in [0.4, 0.5) is 17.6 Å². The highest BCUT2D eigenvalue weighted by molar-refractivity contribution is 5.82. The number of aromatic nitrogens is 2. The molecule has 0 bridgehead atoms. The summed E-state index contributed by atoms with van der Waals surface area (Å²) in [6.45, 7) is 0. The lowest BCUT2D eigenvalue weighted by Gasteiger charge is -2.51. The fourth-order valence-corrected chi connectivity index (χ4v) is 6.66. The van der Waals surface area contributed by atoms with Crippen molar-refractivity contribution >= 4 is 10.9 Å². The van der Waals surface area contributed by atoms with Crippen LogP contribution in [0.3, 0.4) is 0 Å². The van der Waals surface area contributed by atoms with E-state index in [9.17, 15) is 22.7 Å². The highest BCUT2D eigenvalue weighted by atomic mass is 19.4. The average Bonchev–Trinajstić information content (AvgIpc) is 3.53. The Hall–Kier alpha value is -2.41. The molecule has 0 unspecified atom stereocenters. The maximum atomic E-state index is 13.8. The quantitative estimate of drug-likeness (QED) is 0.435. The molecule has 3 aromatic rings. The minimum Gasteiger partial charge on any atom is -0.380 e. The van der Waals surface area contributed by atoms with Gasteiger partial charge >= 0.3 is 6.18 Å². The summed E-state index contributed by atoms with van der Waals surface area (Å²) in [5.41, 5.74) is 1.11. The van der Waals surface area contributed by atoms with Crippen LogP contribution in [-0.4, -0.2) is 26.7 Å². The maximum absolute atomic E-state index is 13.8. The van der Waals surface area contributed by atoms with Gasteiger partial charge in [0.25, 0.3) is 0 Å². The standard InChI is InChI=1S/C27H28F4N2O/c28-21-6-8-22(9-7-21)33-24-13-18-2-1-3-20-15-26(34,27(29,30)31)11-10-25(20,14-17-4-5-17)23(18)12-19(24)16-32-33/h6-9,12-13,16-17,20,34H,1-5,10-11,14-15H2/t20-,25-,26-/m0/s1. The van der Waals surface area contributed by atoms with Gasteiger partial charge in [-0.1, -0.05) is 12.8 Å². The Balaban J connectivity index is 1.47. The second-order valence-corrected chi connectivity index (χ2v) is 10.7. The Morgan fingerprint density at radius 1 is 1.06 bits per heavy atom. The van der Waals surface area contributed by atoms with Crippen LogP contribution in [0.15, 0.2) is 42.6 Å². The highest BCUT2D eigenvalue weighted by Crippen LogP contribution is 2.59. The number of halogens is 4. The van der Waals surface area contributed by atoms with Crippen molar-refractivity contribution in [2.45, 2.75) is 75.0 Å². The number of hydrogen-bond acceptors (Lipinski definition) is 2. The predicted molar refractivity (Wildman–Crippen MR) is 121 cm³/mol. The smallest absolute Gasteiger partial charge is 0.380 e. The third kappa shape index (κ3) is 3.46. The first-order chi connectivity index (χ1) is 16.2. The van der Waals surface area contributed by atoms with Gasteiger partial charge in [-0.3, -0.25) is 0 Å². The van der Waals surface area contributed by atoms with Crippen LogP contribution in [-0.2, 0) is 11.8 Å². The van der Waals surface area contributed by atoms with Gasteiger partial charge in [-0.25, -0.2) is 9.07 Å². The lowest BCUT2D eigenvalue weighted by Crippen LogP contribution is -2.55. The molecule has 3 nitrogen and oxygen atoms in total. The van der Waals surface area contributed by atoms with Gasteiger partial charge in [-0.2, -0.15) is 18.3 Å². The minimum absolute atomic E-state index is 0.195. The van der Waals surface area contributed by atoms with Crippen molar-refractivity contribution in [2.75, 3.05) is 0 Å². The molecular formula is C27H28F4N2O. The van der Waals surface area contributed by atoms with Crippen LogP contribution in [0.25, 0.3) is 16.6 Å². The summed E-state index contributed by atoms with van der Waals surface area (Å²) in [7, 11) is 0. The molecule has 3 aliphatic rings. The summed E-state index contributed by atoms with van der Waals surface area (Å²) in [5, 5.41) is 16.1. The lowest BCUT2D eigenvalue weighted by molar-refractivity contribution is -0.279. The van der Waals surface area contributed by atoms with Crippen LogP contribution in [0.5, 0.6) is 0 Å². The van der Waals surface area contributed by atoms with Gasteiger partial charge in [-0.15, -0.1) is 0 Å². The van der Waals surface area contributed by atoms with E-state index in [-0.39, 0.29) is 30.0 Å². The molecule has 1 aromatic heterocycles. The number of aliphatic hydroxyl groups is 1. The summed E-state index contributed by atoms with van der Waals surface area (Å²) < 4.78 is 56.6. The molecule has 3 aliphatic carbocycles. The van der Waals surface area contributed by atoms with Crippen LogP contribution in [0.1, 0.15) is 62.5 Å². The molecule has 0 radical (unpaired) electrons. The van der Waals surface area contributed by atoms with Crippen LogP contribution < -0.4 is 0 Å². The Morgan fingerprint density at radius 2 is 1.82 bits per heavy atom. The Labute approximate surface area is 195 Å². The lowest BCUT2D eigenvalue weighted by atomic mass is 9.56. The van der Waals surface area contributed by atoms with E-state index in [1.54, 1.807) is 23.0 Å². The normalized spacial score (nSPS) is 29.5. The molecule has 6 rings (SSSR count). The molecule has 0 amide bonds. The van der Waals surface area contributed by atoms with E-state index < -0.39 is 11.8 Å². The molecule has 3 atom stereocenters. The van der Waals surface area contributed by atoms with Crippen molar-refractivity contribution in [1.29, 1.82) is 0 Å². The van der Waals surface area contributed by atoms with E-state index in [1.807, 2.05) is 0 Å². The van der Waals surface area contributed by atoms with Crippen LogP contribution in [0.2, 0.25) is 0 Å². The zero-order chi connectivity index (χ0) is 23.7. The number of aryl methyl sites for hydroxylation is 1. The van der Waals surface area contributed by atoms with E-state index in [1.165, 1.54) is 17.7 Å². The van der Waals surface area contributed by atoms with Crippen molar-refractivity contribution in [3.8, 4) is 5.69 Å². The van der Waals surface area contributed by atoms with Gasteiger partial charge in [0.1, 0.15) is 5.82 Å². The number of nitrogens with zero attached hydrogens (tertiary/aromatic N) is 2. The van der Waals surface area contributed by atoms with E-state index in [2.05, 4.69) is 17.2 Å². The second kappa shape index (κ2) is 7.54. The fourth-order valence-electron chi connectivity index (χ4n) is 6.66. The van der Waals surface area contributed by atoms with Crippen molar-refractivity contribution in [3.05, 3.63) is 59.5 Å². The van der Waals surface area contributed by atoms with E-state index in [0.717, 1.165) is 54.3 Å². The van der Waals surface area contributed by atoms with Gasteiger partial charge in [0, 0.05) is 5.39 Å². The average molecular weight is 473 g/mol. The first-order valence-electron chi connectivity index (χ1n) is 12.2. The van der Waals surface area contributed by atoms with E-state index >= 15 is 0 Å². The first-order valence-corrected chi connectivity index (χ1v) is 12.2. The van der Waals surface area contributed by atoms with Crippen LogP contribution >= 0.6 is 0 Å². The molecule has 180 valence electrons. The third-order valence-corrected chi connectivity index (χ3v) is 8.63. The predicted octanol–water partition coefficient (Wildman–Crippen LogP) is 6.63. The van der Waals surface area contributed by atoms with Gasteiger partial charge in [0.15, 0.2) is 5.60 Å². The summed E-state index contributed by atoms with van der Waals surface area (Å²) in [5.74, 6) is 0.0562. The molecule has 2 fully saturated rings. The van der Waals surface area contributed by atoms with Crippen molar-refractivity contribution in [2.24, 2.45) is 11.8 Å². The summed E-state index contributed by atoms with van der Waals surface area (Å²) in [6.07, 6.45) is 2.55. The number of hydrogen-bond donors (Lipinski definition) is 1. The molecule has 7 heteroatoms. The van der Waals surface area contributed by atoms with E-state index in [4.69, 9.17) is 0 Å². The van der Waals surface area contributed by atoms with Gasteiger partial charge in [-0.05, 0) is 110 Å². The van der Waals surface area contributed by atoms with Crippen LogP contribution in [0, 0.1) is 17.7 Å². The van der Waals surface area contributed by atoms with Gasteiger partial charge in [0.05, 0.1) is 17.4 Å². The zero-order valence-corrected chi connectivity index (χ0v) is 18.9. The van der Waals surface area contributed by atoms with Crippen molar-refractivity contribution in [1.82, 2.24) is 9.78 Å². The molecule has 1 heterocycles. The van der Waals surface area contributed by atoms with Crippen molar-refractivity contribution in [3.63, 3.8) is 0 Å². The summed E-state index contributed by atoms with van der Waals surface area (Å²) in [4.78, 5) is 0. The molecule has 0 aliphatic heterocycles. The van der Waals surface area contributed by atoms with Crippen molar-refractivity contribution < 1.29 is 22.7 Å². The summed E-state index contributed by atoms with van der Waals surface area (Å²) in [6, 6.07) is 10.5. The fraction of sp³-hybridized carbons (Fsp3) is 0.519. The monoisotopic (exact) mass is 472 g/mol. The third-order valence-electron chi connectivity index (χ3n) is 8.63. The number of benzene rings is 2. The topological polar surface area (TPSA) is 38.1 Å². The Kier molecular flexibility index (Phi) is 4.90. The Bertz CT molecular complexity index is 1230. The number of rotatable bonds is 3. The number of alkyl halides is 3. The largest absolute Gasteiger partial charge is 0.417 e. The Morgan fingerprint density at radius 3 is 2.53 bits per heavy atom. The SMILES string of the molecule is O[C@@]1(C(F)(F)F)CC[C@@]2(CC3CC3)c3cc4cnn(-c5ccc(F)cc5)c4cc3CCC[C@H]2C1. The van der Waals surface area contributed by atoms with E-state index in [0.29, 0.717) is 18.8 Å². The van der Waals surface area contributed by atoms with Gasteiger partial charge in [0.2, 0.25) is 0 Å². The molecule has 1 N–H and O–H groups in total. The maximum Gasteiger partial charge on any atom is 0.417 e. The second-order valence-electron chi connectivity index (χ2n) is 10.7. The molecule has 2 aromatic carbocycles. The zero-order valence-electron chi connectivity index (χ0n) is 18.9. The van der Waals surface area contributed by atoms with Gasteiger partial charge < -0.3 is 5.11 Å². The molecule has 0 saturated heterocycles. The molecular weight excluding hydrogens is 444 g/mol. The number of fused-ring (bicyclic) bond motifs is 4. The molecule has 0 spiro atoms. The first kappa shape index (κ1) is 22.1. The highest BCUT2D eigenvalue weighted by Gasteiger charge is 2.61.